The molecule has 4 rings (SSSR count). The van der Waals surface area contributed by atoms with E-state index in [4.69, 9.17) is 9.47 Å². The Bertz CT molecular complexity index is 1040. The van der Waals surface area contributed by atoms with Crippen molar-refractivity contribution in [1.82, 2.24) is 9.88 Å². The predicted octanol–water partition coefficient (Wildman–Crippen LogP) is 5.31. The van der Waals surface area contributed by atoms with Crippen LogP contribution in [0.4, 0.5) is 0 Å². The van der Waals surface area contributed by atoms with Crippen molar-refractivity contribution in [3.05, 3.63) is 48.0 Å². The minimum Gasteiger partial charge on any atom is -0.497 e. The number of hydrogen-bond acceptors (Lipinski definition) is 3. The van der Waals surface area contributed by atoms with Gasteiger partial charge in [0, 0.05) is 34.5 Å². The van der Waals surface area contributed by atoms with E-state index in [0.717, 1.165) is 46.5 Å². The lowest BCUT2D eigenvalue weighted by atomic mass is 9.95. The number of aromatic nitrogens is 1. The van der Waals surface area contributed by atoms with Crippen molar-refractivity contribution in [3.63, 3.8) is 0 Å². The summed E-state index contributed by atoms with van der Waals surface area (Å²) in [7, 11) is 3.34. The number of para-hydroxylation sites is 1. The van der Waals surface area contributed by atoms with Gasteiger partial charge in [-0.25, -0.2) is 0 Å². The van der Waals surface area contributed by atoms with Crippen LogP contribution in [0.5, 0.6) is 11.5 Å². The molecule has 1 N–H and O–H groups in total. The van der Waals surface area contributed by atoms with Crippen molar-refractivity contribution >= 4 is 16.8 Å². The lowest BCUT2D eigenvalue weighted by Crippen LogP contribution is -2.35. The molecule has 0 bridgehead atoms. The van der Waals surface area contributed by atoms with Crippen LogP contribution < -0.4 is 9.47 Å². The average molecular weight is 392 g/mol. The SMILES string of the molecule is CC[C@@H](C)N1C(=O)CC[C@@H]1c1c(-c2cc(OC)ccc2OC)[nH]c2ccccc12. The molecule has 0 radical (unpaired) electrons. The second kappa shape index (κ2) is 7.82. The number of nitrogens with zero attached hydrogens (tertiary/aromatic N) is 1. The van der Waals surface area contributed by atoms with E-state index < -0.39 is 0 Å². The lowest BCUT2D eigenvalue weighted by molar-refractivity contribution is -0.131. The highest BCUT2D eigenvalue weighted by Crippen LogP contribution is 2.46. The molecule has 1 aliphatic heterocycles. The summed E-state index contributed by atoms with van der Waals surface area (Å²) in [5.74, 6) is 1.78. The molecule has 1 fully saturated rings. The van der Waals surface area contributed by atoms with Gasteiger partial charge in [-0.2, -0.15) is 0 Å². The van der Waals surface area contributed by atoms with Gasteiger partial charge in [-0.3, -0.25) is 4.79 Å². The summed E-state index contributed by atoms with van der Waals surface area (Å²) in [5, 5.41) is 1.15. The Morgan fingerprint density at radius 2 is 1.97 bits per heavy atom. The standard InChI is InChI=1S/C24H28N2O3/c1-5-15(2)26-20(11-13-22(26)27)23-17-8-6-7-9-19(17)25-24(23)18-14-16(28-3)10-12-21(18)29-4/h6-10,12,14-15,20,25H,5,11,13H2,1-4H3/t15-,20-/m1/s1. The van der Waals surface area contributed by atoms with Gasteiger partial charge >= 0.3 is 0 Å². The number of aromatic amines is 1. The number of fused-ring (bicyclic) bond motifs is 1. The minimum absolute atomic E-state index is 0.0412. The normalized spacial score (nSPS) is 17.7. The number of benzene rings is 2. The molecular formula is C24H28N2O3. The van der Waals surface area contributed by atoms with Crippen LogP contribution in [0.15, 0.2) is 42.5 Å². The van der Waals surface area contributed by atoms with Crippen molar-refractivity contribution in [1.29, 1.82) is 0 Å². The van der Waals surface area contributed by atoms with Gasteiger partial charge in [0.15, 0.2) is 0 Å². The molecule has 3 aromatic rings. The molecule has 152 valence electrons. The second-order valence-corrected chi connectivity index (χ2v) is 7.64. The number of ether oxygens (including phenoxy) is 2. The number of carbonyl (C=O) groups excluding carboxylic acids is 1. The first kappa shape index (κ1) is 19.4. The van der Waals surface area contributed by atoms with Gasteiger partial charge in [0.25, 0.3) is 0 Å². The van der Waals surface area contributed by atoms with Crippen LogP contribution in [0.1, 0.15) is 44.7 Å². The maximum atomic E-state index is 12.8. The van der Waals surface area contributed by atoms with Gasteiger partial charge in [-0.1, -0.05) is 25.1 Å². The molecule has 29 heavy (non-hydrogen) atoms. The Labute approximate surface area is 171 Å². The topological polar surface area (TPSA) is 54.6 Å². The number of amides is 1. The first-order valence-electron chi connectivity index (χ1n) is 10.2. The maximum absolute atomic E-state index is 12.8. The van der Waals surface area contributed by atoms with Gasteiger partial charge in [-0.05, 0) is 44.0 Å². The van der Waals surface area contributed by atoms with Crippen LogP contribution in [-0.4, -0.2) is 36.1 Å². The van der Waals surface area contributed by atoms with Crippen LogP contribution >= 0.6 is 0 Å². The van der Waals surface area contributed by atoms with E-state index in [1.165, 1.54) is 5.56 Å². The summed E-state index contributed by atoms with van der Waals surface area (Å²) in [6, 6.07) is 14.4. The van der Waals surface area contributed by atoms with Crippen LogP contribution in [0.25, 0.3) is 22.2 Å². The van der Waals surface area contributed by atoms with Crippen molar-refractivity contribution in [2.24, 2.45) is 0 Å². The van der Waals surface area contributed by atoms with Gasteiger partial charge in [-0.15, -0.1) is 0 Å². The largest absolute Gasteiger partial charge is 0.497 e. The molecule has 2 aromatic carbocycles. The molecule has 1 aromatic heterocycles. The molecule has 0 unspecified atom stereocenters. The van der Waals surface area contributed by atoms with Crippen LogP contribution in [0.2, 0.25) is 0 Å². The summed E-state index contributed by atoms with van der Waals surface area (Å²) in [4.78, 5) is 18.4. The Morgan fingerprint density at radius 1 is 1.17 bits per heavy atom. The summed E-state index contributed by atoms with van der Waals surface area (Å²) < 4.78 is 11.1. The molecule has 0 saturated carbocycles. The molecule has 2 heterocycles. The first-order chi connectivity index (χ1) is 14.1. The van der Waals surface area contributed by atoms with E-state index in [1.807, 2.05) is 24.3 Å². The second-order valence-electron chi connectivity index (χ2n) is 7.64. The van der Waals surface area contributed by atoms with Gasteiger partial charge < -0.3 is 19.4 Å². The quantitative estimate of drug-likeness (QED) is 0.618. The Morgan fingerprint density at radius 3 is 2.69 bits per heavy atom. The van der Waals surface area contributed by atoms with E-state index >= 15 is 0 Å². The zero-order chi connectivity index (χ0) is 20.5. The number of hydrogen-bond donors (Lipinski definition) is 1. The number of rotatable bonds is 6. The van der Waals surface area contributed by atoms with Crippen molar-refractivity contribution in [2.45, 2.75) is 45.2 Å². The van der Waals surface area contributed by atoms with E-state index in [2.05, 4.69) is 41.9 Å². The fraction of sp³-hybridized carbons (Fsp3) is 0.375. The van der Waals surface area contributed by atoms with E-state index in [0.29, 0.717) is 6.42 Å². The highest BCUT2D eigenvalue weighted by atomic mass is 16.5. The summed E-state index contributed by atoms with van der Waals surface area (Å²) in [6.07, 6.45) is 2.34. The molecule has 1 amide bonds. The summed E-state index contributed by atoms with van der Waals surface area (Å²) in [5.41, 5.74) is 4.17. The Kier molecular flexibility index (Phi) is 5.22. The third-order valence-electron chi connectivity index (χ3n) is 6.08. The van der Waals surface area contributed by atoms with E-state index in [9.17, 15) is 4.79 Å². The number of likely N-dealkylation sites (tertiary alicyclic amines) is 1. The molecule has 5 heteroatoms. The monoisotopic (exact) mass is 392 g/mol. The zero-order valence-corrected chi connectivity index (χ0v) is 17.5. The molecule has 2 atom stereocenters. The van der Waals surface area contributed by atoms with Crippen LogP contribution in [0, 0.1) is 0 Å². The lowest BCUT2D eigenvalue weighted by Gasteiger charge is -2.31. The zero-order valence-electron chi connectivity index (χ0n) is 17.5. The molecule has 0 aliphatic carbocycles. The van der Waals surface area contributed by atoms with E-state index in [-0.39, 0.29) is 18.0 Å². The predicted molar refractivity (Wildman–Crippen MR) is 115 cm³/mol. The van der Waals surface area contributed by atoms with Crippen LogP contribution in [-0.2, 0) is 4.79 Å². The third-order valence-corrected chi connectivity index (χ3v) is 6.08. The Balaban J connectivity index is 1.97. The highest BCUT2D eigenvalue weighted by molar-refractivity contribution is 5.94. The molecule has 5 nitrogen and oxygen atoms in total. The van der Waals surface area contributed by atoms with Crippen LogP contribution in [0.3, 0.4) is 0 Å². The molecule has 1 saturated heterocycles. The van der Waals surface area contributed by atoms with Gasteiger partial charge in [0.1, 0.15) is 11.5 Å². The highest BCUT2D eigenvalue weighted by Gasteiger charge is 2.38. The van der Waals surface area contributed by atoms with Crippen molar-refractivity contribution in [3.8, 4) is 22.8 Å². The summed E-state index contributed by atoms with van der Waals surface area (Å²) >= 11 is 0. The number of nitrogens with one attached hydrogen (secondary N) is 1. The fourth-order valence-electron chi connectivity index (χ4n) is 4.47. The molecule has 1 aliphatic rings. The van der Waals surface area contributed by atoms with Crippen molar-refractivity contribution < 1.29 is 14.3 Å². The summed E-state index contributed by atoms with van der Waals surface area (Å²) in [6.45, 7) is 4.27. The van der Waals surface area contributed by atoms with E-state index in [1.54, 1.807) is 14.2 Å². The van der Waals surface area contributed by atoms with Gasteiger partial charge in [0.2, 0.25) is 5.91 Å². The average Bonchev–Trinajstić information content (AvgIpc) is 3.32. The number of carbonyl (C=O) groups is 1. The van der Waals surface area contributed by atoms with Gasteiger partial charge in [0.05, 0.1) is 26.0 Å². The first-order valence-corrected chi connectivity index (χ1v) is 10.2. The smallest absolute Gasteiger partial charge is 0.223 e. The Hall–Kier alpha value is -2.95. The fourth-order valence-corrected chi connectivity index (χ4v) is 4.47. The number of H-pyrrole nitrogens is 1. The maximum Gasteiger partial charge on any atom is 0.223 e. The van der Waals surface area contributed by atoms with Crippen molar-refractivity contribution in [2.75, 3.05) is 14.2 Å². The minimum atomic E-state index is 0.0412. The molecular weight excluding hydrogens is 364 g/mol. The molecule has 0 spiro atoms. The third kappa shape index (κ3) is 3.24. The number of methoxy groups -OCH3 is 2.